The molecule has 0 fully saturated rings. The molecular weight excluding hydrogens is 323 g/mol. The minimum absolute atomic E-state index is 0.0421. The number of halogens is 3. The van der Waals surface area contributed by atoms with Gasteiger partial charge in [-0.05, 0) is 29.8 Å². The van der Waals surface area contributed by atoms with Crippen LogP contribution in [-0.2, 0) is 6.54 Å². The summed E-state index contributed by atoms with van der Waals surface area (Å²) < 4.78 is 0. The van der Waals surface area contributed by atoms with E-state index in [9.17, 15) is 10.1 Å². The van der Waals surface area contributed by atoms with Gasteiger partial charge in [0.05, 0.1) is 20.7 Å². The predicted octanol–water partition coefficient (Wildman–Crippen LogP) is 5.17. The van der Waals surface area contributed by atoms with E-state index in [-0.39, 0.29) is 5.69 Å². The lowest BCUT2D eigenvalue weighted by Crippen LogP contribution is -2.01. The van der Waals surface area contributed by atoms with E-state index in [0.29, 0.717) is 27.3 Å². The number of nitro benzene ring substituents is 1. The number of nitro groups is 1. The maximum Gasteiger partial charge on any atom is 0.270 e. The van der Waals surface area contributed by atoms with Gasteiger partial charge in [-0.3, -0.25) is 10.1 Å². The van der Waals surface area contributed by atoms with E-state index in [1.54, 1.807) is 24.3 Å². The van der Waals surface area contributed by atoms with Gasteiger partial charge in [-0.25, -0.2) is 0 Å². The molecular formula is C13H9Cl3N2O2. The van der Waals surface area contributed by atoms with E-state index in [0.717, 1.165) is 5.56 Å². The molecule has 20 heavy (non-hydrogen) atoms. The van der Waals surface area contributed by atoms with Crippen molar-refractivity contribution in [1.82, 2.24) is 0 Å². The smallest absolute Gasteiger partial charge is 0.270 e. The SMILES string of the molecule is O=[N+]([O-])c1ccc(CNc2cc(Cl)ccc2Cl)c(Cl)c1. The first kappa shape index (κ1) is 14.9. The standard InChI is InChI=1S/C13H9Cl3N2O2/c14-9-2-4-11(15)13(5-9)17-7-8-1-3-10(18(19)20)6-12(8)16/h1-6,17H,7H2. The van der Waals surface area contributed by atoms with Gasteiger partial charge in [0.25, 0.3) is 5.69 Å². The third-order valence-corrected chi connectivity index (χ3v) is 3.56. The lowest BCUT2D eigenvalue weighted by Gasteiger charge is -2.10. The monoisotopic (exact) mass is 330 g/mol. The van der Waals surface area contributed by atoms with Crippen LogP contribution in [0.1, 0.15) is 5.56 Å². The number of anilines is 1. The summed E-state index contributed by atoms with van der Waals surface area (Å²) in [5.74, 6) is 0. The number of non-ortho nitro benzene ring substituents is 1. The van der Waals surface area contributed by atoms with Crippen molar-refractivity contribution in [3.8, 4) is 0 Å². The third kappa shape index (κ3) is 3.54. The van der Waals surface area contributed by atoms with Crippen LogP contribution in [0.2, 0.25) is 15.1 Å². The van der Waals surface area contributed by atoms with Gasteiger partial charge in [0.15, 0.2) is 0 Å². The first-order valence-electron chi connectivity index (χ1n) is 5.59. The Morgan fingerprint density at radius 1 is 1.05 bits per heavy atom. The average Bonchev–Trinajstić information content (AvgIpc) is 2.40. The van der Waals surface area contributed by atoms with E-state index in [1.165, 1.54) is 12.1 Å². The summed E-state index contributed by atoms with van der Waals surface area (Å²) in [7, 11) is 0. The van der Waals surface area contributed by atoms with E-state index < -0.39 is 4.92 Å². The van der Waals surface area contributed by atoms with Crippen molar-refractivity contribution in [2.24, 2.45) is 0 Å². The van der Waals surface area contributed by atoms with E-state index in [1.807, 2.05) is 0 Å². The second kappa shape index (κ2) is 6.31. The fourth-order valence-electron chi connectivity index (χ4n) is 1.62. The van der Waals surface area contributed by atoms with Crippen LogP contribution in [0.15, 0.2) is 36.4 Å². The maximum absolute atomic E-state index is 10.6. The Morgan fingerprint density at radius 3 is 2.45 bits per heavy atom. The summed E-state index contributed by atoms with van der Waals surface area (Å²) in [4.78, 5) is 10.1. The van der Waals surface area contributed by atoms with Gasteiger partial charge in [0.1, 0.15) is 0 Å². The Hall–Kier alpha value is -1.49. The maximum atomic E-state index is 10.6. The molecule has 104 valence electrons. The molecule has 0 saturated carbocycles. The first-order valence-corrected chi connectivity index (χ1v) is 6.72. The highest BCUT2D eigenvalue weighted by Crippen LogP contribution is 2.27. The van der Waals surface area contributed by atoms with Gasteiger partial charge in [-0.15, -0.1) is 0 Å². The Morgan fingerprint density at radius 2 is 1.80 bits per heavy atom. The predicted molar refractivity (Wildman–Crippen MR) is 81.9 cm³/mol. The highest BCUT2D eigenvalue weighted by Gasteiger charge is 2.09. The van der Waals surface area contributed by atoms with Crippen molar-refractivity contribution in [2.45, 2.75) is 6.54 Å². The molecule has 0 atom stereocenters. The molecule has 0 amide bonds. The molecule has 0 aromatic heterocycles. The minimum atomic E-state index is -0.489. The molecule has 0 heterocycles. The lowest BCUT2D eigenvalue weighted by atomic mass is 10.2. The largest absolute Gasteiger partial charge is 0.380 e. The molecule has 0 saturated heterocycles. The average molecular weight is 332 g/mol. The van der Waals surface area contributed by atoms with Crippen LogP contribution in [0.25, 0.3) is 0 Å². The van der Waals surface area contributed by atoms with Crippen LogP contribution < -0.4 is 5.32 Å². The number of nitrogens with one attached hydrogen (secondary N) is 1. The van der Waals surface area contributed by atoms with E-state index in [4.69, 9.17) is 34.8 Å². The molecule has 0 radical (unpaired) electrons. The third-order valence-electron chi connectivity index (χ3n) is 2.65. The first-order chi connectivity index (χ1) is 9.47. The van der Waals surface area contributed by atoms with Gasteiger partial charge in [0.2, 0.25) is 0 Å². The zero-order valence-corrected chi connectivity index (χ0v) is 12.3. The van der Waals surface area contributed by atoms with Crippen molar-refractivity contribution >= 4 is 46.2 Å². The fourth-order valence-corrected chi connectivity index (χ4v) is 2.21. The van der Waals surface area contributed by atoms with Gasteiger partial charge >= 0.3 is 0 Å². The normalized spacial score (nSPS) is 10.3. The molecule has 1 N–H and O–H groups in total. The van der Waals surface area contributed by atoms with Crippen molar-refractivity contribution in [3.63, 3.8) is 0 Å². The van der Waals surface area contributed by atoms with Crippen LogP contribution >= 0.6 is 34.8 Å². The molecule has 2 aromatic rings. The van der Waals surface area contributed by atoms with Crippen molar-refractivity contribution < 1.29 is 4.92 Å². The molecule has 0 spiro atoms. The molecule has 0 aliphatic heterocycles. The molecule has 4 nitrogen and oxygen atoms in total. The zero-order valence-electron chi connectivity index (χ0n) is 10.1. The molecule has 0 unspecified atom stereocenters. The summed E-state index contributed by atoms with van der Waals surface area (Å²) in [5.41, 5.74) is 1.36. The molecule has 2 rings (SSSR count). The highest BCUT2D eigenvalue weighted by atomic mass is 35.5. The van der Waals surface area contributed by atoms with Crippen LogP contribution in [0, 0.1) is 10.1 Å². The van der Waals surface area contributed by atoms with Gasteiger partial charge in [0, 0.05) is 23.7 Å². The molecule has 0 bridgehead atoms. The summed E-state index contributed by atoms with van der Waals surface area (Å²) in [6.07, 6.45) is 0. The van der Waals surface area contributed by atoms with E-state index in [2.05, 4.69) is 5.32 Å². The Balaban J connectivity index is 2.15. The summed E-state index contributed by atoms with van der Waals surface area (Å²) in [6, 6.07) is 9.40. The van der Waals surface area contributed by atoms with Gasteiger partial charge in [-0.1, -0.05) is 34.8 Å². The fraction of sp³-hybridized carbons (Fsp3) is 0.0769. The Kier molecular flexibility index (Phi) is 4.70. The number of nitrogens with zero attached hydrogens (tertiary/aromatic N) is 1. The number of rotatable bonds is 4. The summed E-state index contributed by atoms with van der Waals surface area (Å²) in [5, 5.41) is 15.1. The van der Waals surface area contributed by atoms with Crippen LogP contribution in [0.4, 0.5) is 11.4 Å². The zero-order chi connectivity index (χ0) is 14.7. The second-order valence-electron chi connectivity index (χ2n) is 4.01. The van der Waals surface area contributed by atoms with Crippen LogP contribution in [-0.4, -0.2) is 4.92 Å². The molecule has 7 heteroatoms. The molecule has 2 aromatic carbocycles. The highest BCUT2D eigenvalue weighted by molar-refractivity contribution is 6.35. The second-order valence-corrected chi connectivity index (χ2v) is 5.26. The van der Waals surface area contributed by atoms with Crippen molar-refractivity contribution in [3.05, 3.63) is 67.1 Å². The summed E-state index contributed by atoms with van der Waals surface area (Å²) in [6.45, 7) is 0.386. The van der Waals surface area contributed by atoms with Crippen LogP contribution in [0.3, 0.4) is 0 Å². The molecule has 0 aliphatic carbocycles. The number of benzene rings is 2. The Labute approximate surface area is 130 Å². The lowest BCUT2D eigenvalue weighted by molar-refractivity contribution is -0.384. The van der Waals surface area contributed by atoms with Gasteiger partial charge < -0.3 is 5.32 Å². The minimum Gasteiger partial charge on any atom is -0.380 e. The van der Waals surface area contributed by atoms with Crippen molar-refractivity contribution in [2.75, 3.05) is 5.32 Å². The summed E-state index contributed by atoms with van der Waals surface area (Å²) >= 11 is 17.9. The molecule has 0 aliphatic rings. The topological polar surface area (TPSA) is 55.2 Å². The van der Waals surface area contributed by atoms with Crippen molar-refractivity contribution in [1.29, 1.82) is 0 Å². The number of hydrogen-bond donors (Lipinski definition) is 1. The van der Waals surface area contributed by atoms with Gasteiger partial charge in [-0.2, -0.15) is 0 Å². The number of hydrogen-bond acceptors (Lipinski definition) is 3. The van der Waals surface area contributed by atoms with E-state index >= 15 is 0 Å². The Bertz CT molecular complexity index is 662. The van der Waals surface area contributed by atoms with Crippen LogP contribution in [0.5, 0.6) is 0 Å². The quantitative estimate of drug-likeness (QED) is 0.621.